The van der Waals surface area contributed by atoms with Gasteiger partial charge in [-0.15, -0.1) is 0 Å². The van der Waals surface area contributed by atoms with Gasteiger partial charge in [0, 0.05) is 5.56 Å². The number of ether oxygens (including phenoxy) is 1. The number of benzene rings is 3. The Morgan fingerprint density at radius 1 is 1.00 bits per heavy atom. The fourth-order valence-electron chi connectivity index (χ4n) is 4.32. The Hall–Kier alpha value is -4.02. The number of hydrogen-bond acceptors (Lipinski definition) is 5. The second kappa shape index (κ2) is 7.84. The SMILES string of the molecule is Cc1ccc([C@@H]2C(C#N)=C(N)OC3=C2S(=O)(=O)N(Cc2ccccc2)c2ccccc23)cc1. The van der Waals surface area contributed by atoms with Gasteiger partial charge in [-0.1, -0.05) is 72.3 Å². The standard InChI is InChI=1S/C26H21N3O3S/c1-17-11-13-19(14-12-17)23-21(15-27)26(28)32-24-20-9-5-6-10-22(20)29(33(30,31)25(23)24)16-18-7-3-2-4-8-18/h2-14,23H,16,28H2,1H3/t23-/m1/s1. The summed E-state index contributed by atoms with van der Waals surface area (Å²) >= 11 is 0. The minimum Gasteiger partial charge on any atom is -0.439 e. The van der Waals surface area contributed by atoms with E-state index in [0.717, 1.165) is 11.1 Å². The summed E-state index contributed by atoms with van der Waals surface area (Å²) in [5, 5.41) is 9.91. The normalized spacial score (nSPS) is 18.8. The number of nitrogens with zero attached hydrogens (tertiary/aromatic N) is 2. The third-order valence-corrected chi connectivity index (χ3v) is 7.82. The monoisotopic (exact) mass is 455 g/mol. The van der Waals surface area contributed by atoms with Crippen molar-refractivity contribution in [1.29, 1.82) is 5.26 Å². The third-order valence-electron chi connectivity index (χ3n) is 5.94. The summed E-state index contributed by atoms with van der Waals surface area (Å²) in [7, 11) is -4.06. The van der Waals surface area contributed by atoms with E-state index >= 15 is 0 Å². The van der Waals surface area contributed by atoms with Gasteiger partial charge in [0.15, 0.2) is 5.76 Å². The molecule has 3 aromatic rings. The summed E-state index contributed by atoms with van der Waals surface area (Å²) in [6.07, 6.45) is 0. The summed E-state index contributed by atoms with van der Waals surface area (Å²) in [5.74, 6) is -0.767. The quantitative estimate of drug-likeness (QED) is 0.626. The van der Waals surface area contributed by atoms with E-state index in [2.05, 4.69) is 6.07 Å². The van der Waals surface area contributed by atoms with Crippen LogP contribution in [0.1, 0.15) is 28.2 Å². The van der Waals surface area contributed by atoms with Crippen molar-refractivity contribution < 1.29 is 13.2 Å². The van der Waals surface area contributed by atoms with Crippen LogP contribution in [-0.4, -0.2) is 8.42 Å². The molecule has 33 heavy (non-hydrogen) atoms. The molecular weight excluding hydrogens is 434 g/mol. The lowest BCUT2D eigenvalue weighted by Gasteiger charge is -2.38. The molecule has 0 bridgehead atoms. The zero-order chi connectivity index (χ0) is 23.2. The highest BCUT2D eigenvalue weighted by atomic mass is 32.2. The molecule has 164 valence electrons. The Bertz CT molecular complexity index is 1450. The van der Waals surface area contributed by atoms with Gasteiger partial charge in [-0.3, -0.25) is 4.31 Å². The number of para-hydroxylation sites is 1. The molecule has 6 nitrogen and oxygen atoms in total. The molecule has 0 radical (unpaired) electrons. The van der Waals surface area contributed by atoms with Crippen molar-refractivity contribution in [2.45, 2.75) is 19.4 Å². The molecule has 5 rings (SSSR count). The molecule has 2 N–H and O–H groups in total. The van der Waals surface area contributed by atoms with Gasteiger partial charge >= 0.3 is 0 Å². The van der Waals surface area contributed by atoms with Crippen molar-refractivity contribution >= 4 is 21.5 Å². The highest BCUT2D eigenvalue weighted by Crippen LogP contribution is 2.51. The van der Waals surface area contributed by atoms with Crippen LogP contribution in [0.4, 0.5) is 5.69 Å². The van der Waals surface area contributed by atoms with E-state index < -0.39 is 15.9 Å². The topological polar surface area (TPSA) is 96.4 Å². The van der Waals surface area contributed by atoms with E-state index in [9.17, 15) is 13.7 Å². The molecule has 2 aliphatic heterocycles. The molecule has 3 aromatic carbocycles. The Morgan fingerprint density at radius 3 is 2.36 bits per heavy atom. The lowest BCUT2D eigenvalue weighted by molar-refractivity contribution is 0.357. The van der Waals surface area contributed by atoms with Crippen molar-refractivity contribution in [3.63, 3.8) is 0 Å². The van der Waals surface area contributed by atoms with E-state index in [4.69, 9.17) is 10.5 Å². The number of anilines is 1. The number of nitrogens with two attached hydrogens (primary N) is 1. The molecule has 0 spiro atoms. The molecule has 0 aliphatic carbocycles. The van der Waals surface area contributed by atoms with Crippen LogP contribution in [0.25, 0.3) is 5.76 Å². The zero-order valence-electron chi connectivity index (χ0n) is 17.9. The fourth-order valence-corrected chi connectivity index (χ4v) is 6.23. The number of allylic oxidation sites excluding steroid dienone is 2. The summed E-state index contributed by atoms with van der Waals surface area (Å²) in [5.41, 5.74) is 9.90. The predicted molar refractivity (Wildman–Crippen MR) is 127 cm³/mol. The zero-order valence-corrected chi connectivity index (χ0v) is 18.7. The number of fused-ring (bicyclic) bond motifs is 2. The molecule has 7 heteroatoms. The maximum absolute atomic E-state index is 14.1. The van der Waals surface area contributed by atoms with Gasteiger partial charge in [0.05, 0.1) is 18.2 Å². The Balaban J connectivity index is 1.77. The molecule has 0 fully saturated rings. The highest BCUT2D eigenvalue weighted by Gasteiger charge is 2.47. The summed E-state index contributed by atoms with van der Waals surface area (Å²) < 4.78 is 35.5. The Labute approximate surface area is 192 Å². The number of rotatable bonds is 3. The van der Waals surface area contributed by atoms with Gasteiger partial charge in [0.2, 0.25) is 5.88 Å². The first kappa shape index (κ1) is 20.9. The van der Waals surface area contributed by atoms with Crippen LogP contribution in [0, 0.1) is 18.3 Å². The summed E-state index contributed by atoms with van der Waals surface area (Å²) in [6.45, 7) is 2.10. The first-order chi connectivity index (χ1) is 15.9. The van der Waals surface area contributed by atoms with Crippen molar-refractivity contribution in [1.82, 2.24) is 0 Å². The van der Waals surface area contributed by atoms with E-state index in [0.29, 0.717) is 16.8 Å². The maximum Gasteiger partial charge on any atom is 0.265 e. The van der Waals surface area contributed by atoms with Gasteiger partial charge < -0.3 is 10.5 Å². The molecule has 2 aliphatic rings. The number of sulfonamides is 1. The molecule has 0 amide bonds. The fraction of sp³-hybridized carbons (Fsp3) is 0.115. The average molecular weight is 456 g/mol. The number of nitriles is 1. The van der Waals surface area contributed by atoms with Gasteiger partial charge in [0.25, 0.3) is 10.0 Å². The van der Waals surface area contributed by atoms with Gasteiger partial charge in [0.1, 0.15) is 16.5 Å². The third kappa shape index (κ3) is 3.36. The van der Waals surface area contributed by atoms with Crippen LogP contribution in [0.3, 0.4) is 0 Å². The van der Waals surface area contributed by atoms with Gasteiger partial charge in [-0.05, 0) is 30.2 Å². The number of hydrogen-bond donors (Lipinski definition) is 1. The maximum atomic E-state index is 14.1. The van der Waals surface area contributed by atoms with Crippen molar-refractivity contribution in [3.05, 3.63) is 117 Å². The minimum absolute atomic E-state index is 0.0340. The molecular formula is C26H21N3O3S. The smallest absolute Gasteiger partial charge is 0.265 e. The molecule has 0 aromatic heterocycles. The van der Waals surface area contributed by atoms with Crippen molar-refractivity contribution in [2.75, 3.05) is 4.31 Å². The minimum atomic E-state index is -4.06. The van der Waals surface area contributed by atoms with Crippen LogP contribution in [0.5, 0.6) is 0 Å². The number of aryl methyl sites for hydroxylation is 1. The van der Waals surface area contributed by atoms with E-state index in [1.54, 1.807) is 12.1 Å². The lowest BCUT2D eigenvalue weighted by atomic mass is 9.88. The molecule has 1 atom stereocenters. The molecule has 2 heterocycles. The molecule has 0 saturated heterocycles. The summed E-state index contributed by atoms with van der Waals surface area (Å²) in [6, 6.07) is 26.1. The van der Waals surface area contributed by atoms with Crippen molar-refractivity contribution in [3.8, 4) is 6.07 Å². The molecule has 0 unspecified atom stereocenters. The van der Waals surface area contributed by atoms with E-state index in [-0.39, 0.29) is 28.7 Å². The second-order valence-corrected chi connectivity index (χ2v) is 9.87. The van der Waals surface area contributed by atoms with Crippen LogP contribution in [0.2, 0.25) is 0 Å². The lowest BCUT2D eigenvalue weighted by Crippen LogP contribution is -2.39. The van der Waals surface area contributed by atoms with Crippen LogP contribution in [0.15, 0.2) is 95.2 Å². The first-order valence-corrected chi connectivity index (χ1v) is 11.9. The van der Waals surface area contributed by atoms with Crippen LogP contribution >= 0.6 is 0 Å². The van der Waals surface area contributed by atoms with Crippen LogP contribution < -0.4 is 10.0 Å². The first-order valence-electron chi connectivity index (χ1n) is 10.5. The average Bonchev–Trinajstić information content (AvgIpc) is 2.82. The van der Waals surface area contributed by atoms with Crippen molar-refractivity contribution in [2.24, 2.45) is 5.73 Å². The predicted octanol–water partition coefficient (Wildman–Crippen LogP) is 4.52. The van der Waals surface area contributed by atoms with Gasteiger partial charge in [-0.25, -0.2) is 8.42 Å². The van der Waals surface area contributed by atoms with E-state index in [1.807, 2.05) is 73.7 Å². The van der Waals surface area contributed by atoms with Gasteiger partial charge in [-0.2, -0.15) is 5.26 Å². The van der Waals surface area contributed by atoms with Crippen LogP contribution in [-0.2, 0) is 21.3 Å². The molecule has 0 saturated carbocycles. The Morgan fingerprint density at radius 2 is 1.67 bits per heavy atom. The van der Waals surface area contributed by atoms with E-state index in [1.165, 1.54) is 4.31 Å². The largest absolute Gasteiger partial charge is 0.439 e. The second-order valence-electron chi connectivity index (χ2n) is 8.04. The summed E-state index contributed by atoms with van der Waals surface area (Å²) in [4.78, 5) is 0.0340. The highest BCUT2D eigenvalue weighted by molar-refractivity contribution is 7.96. The Kier molecular flexibility index (Phi) is 4.95.